The Morgan fingerprint density at radius 3 is 2.91 bits per heavy atom. The van der Waals surface area contributed by atoms with Crippen molar-refractivity contribution >= 4 is 28.2 Å². The summed E-state index contributed by atoms with van der Waals surface area (Å²) in [5.74, 6) is -0.407. The van der Waals surface area contributed by atoms with Crippen LogP contribution in [0.5, 0.6) is 5.75 Å². The number of rotatable bonds is 6. The average Bonchev–Trinajstić information content (AvgIpc) is 3.59. The summed E-state index contributed by atoms with van der Waals surface area (Å²) >= 11 is 1.48. The second-order valence-corrected chi connectivity index (χ2v) is 9.96. The van der Waals surface area contributed by atoms with Gasteiger partial charge in [0.15, 0.2) is 0 Å². The number of H-pyrrole nitrogens is 1. The second kappa shape index (κ2) is 9.60. The van der Waals surface area contributed by atoms with E-state index in [0.29, 0.717) is 28.4 Å². The Labute approximate surface area is 201 Å². The summed E-state index contributed by atoms with van der Waals surface area (Å²) in [7, 11) is 0. The van der Waals surface area contributed by atoms with E-state index in [1.165, 1.54) is 16.2 Å². The van der Waals surface area contributed by atoms with E-state index in [1.54, 1.807) is 12.1 Å². The molecule has 9 heteroatoms. The first kappa shape index (κ1) is 22.6. The van der Waals surface area contributed by atoms with Crippen LogP contribution in [0.15, 0.2) is 24.3 Å². The number of amides is 2. The second-order valence-electron chi connectivity index (χ2n) is 8.85. The Bertz CT molecular complexity index is 1230. The Morgan fingerprint density at radius 2 is 2.09 bits per heavy atom. The van der Waals surface area contributed by atoms with E-state index in [-0.39, 0.29) is 29.4 Å². The molecule has 1 aliphatic heterocycles. The van der Waals surface area contributed by atoms with Gasteiger partial charge in [-0.3, -0.25) is 14.7 Å². The molecule has 0 spiro atoms. The first-order valence-electron chi connectivity index (χ1n) is 11.7. The summed E-state index contributed by atoms with van der Waals surface area (Å²) in [4.78, 5) is 27.4. The number of fused-ring (bicyclic) bond motifs is 1. The van der Waals surface area contributed by atoms with Crippen LogP contribution in [0.2, 0.25) is 0 Å². The highest BCUT2D eigenvalue weighted by Gasteiger charge is 2.28. The van der Waals surface area contributed by atoms with Crippen LogP contribution in [0.25, 0.3) is 11.3 Å². The highest BCUT2D eigenvalue weighted by molar-refractivity contribution is 7.17. The molecule has 3 heterocycles. The number of phenolic OH excluding ortho intramolecular Hbond substituents is 1. The number of hydrogen-bond acceptors (Lipinski definition) is 6. The van der Waals surface area contributed by atoms with E-state index in [4.69, 9.17) is 4.74 Å². The molecular weight excluding hydrogens is 452 g/mol. The number of aryl methyl sites for hydroxylation is 2. The molecule has 1 atom stereocenters. The van der Waals surface area contributed by atoms with Crippen molar-refractivity contribution < 1.29 is 19.4 Å². The highest BCUT2D eigenvalue weighted by Crippen LogP contribution is 2.38. The Hall–Kier alpha value is -3.17. The highest BCUT2D eigenvalue weighted by atomic mass is 32.1. The number of anilines is 1. The lowest BCUT2D eigenvalue weighted by atomic mass is 9.95. The third-order valence-electron chi connectivity index (χ3n) is 6.48. The van der Waals surface area contributed by atoms with Crippen molar-refractivity contribution in [3.8, 4) is 17.0 Å². The van der Waals surface area contributed by atoms with Gasteiger partial charge in [0.05, 0.1) is 17.4 Å². The normalized spacial score (nSPS) is 17.4. The number of ether oxygens (including phenoxy) is 1. The molecule has 1 aromatic carbocycles. The summed E-state index contributed by atoms with van der Waals surface area (Å²) in [5, 5.41) is 23.8. The number of hydrogen-bond donors (Lipinski definition) is 4. The number of carbonyl (C=O) groups excluding carboxylic acids is 2. The molecule has 8 nitrogen and oxygen atoms in total. The zero-order chi connectivity index (χ0) is 23.7. The summed E-state index contributed by atoms with van der Waals surface area (Å²) < 4.78 is 5.63. The van der Waals surface area contributed by atoms with Crippen LogP contribution in [0.1, 0.15) is 62.5 Å². The average molecular weight is 481 g/mol. The first-order chi connectivity index (χ1) is 16.5. The first-order valence-corrected chi connectivity index (χ1v) is 12.5. The van der Waals surface area contributed by atoms with Gasteiger partial charge in [0.2, 0.25) is 0 Å². The maximum Gasteiger partial charge on any atom is 0.274 e. The zero-order valence-corrected chi connectivity index (χ0v) is 19.9. The van der Waals surface area contributed by atoms with Crippen LogP contribution in [0, 0.1) is 6.92 Å². The van der Waals surface area contributed by atoms with Gasteiger partial charge in [-0.25, -0.2) is 0 Å². The summed E-state index contributed by atoms with van der Waals surface area (Å²) in [6.45, 7) is 3.02. The fourth-order valence-corrected chi connectivity index (χ4v) is 5.89. The zero-order valence-electron chi connectivity index (χ0n) is 19.1. The van der Waals surface area contributed by atoms with Gasteiger partial charge in [-0.05, 0) is 68.7 Å². The molecule has 1 aliphatic carbocycles. The van der Waals surface area contributed by atoms with E-state index in [0.717, 1.165) is 56.3 Å². The Kier molecular flexibility index (Phi) is 6.38. The molecule has 1 unspecified atom stereocenters. The molecule has 0 radical (unpaired) electrons. The van der Waals surface area contributed by atoms with Gasteiger partial charge in [-0.2, -0.15) is 5.10 Å². The number of nitrogens with zero attached hydrogens (tertiary/aromatic N) is 1. The van der Waals surface area contributed by atoms with Crippen molar-refractivity contribution in [1.29, 1.82) is 0 Å². The summed E-state index contributed by atoms with van der Waals surface area (Å²) in [6, 6.07) is 7.00. The maximum absolute atomic E-state index is 13.2. The van der Waals surface area contributed by atoms with E-state index >= 15 is 0 Å². The van der Waals surface area contributed by atoms with Gasteiger partial charge >= 0.3 is 0 Å². The molecule has 1 fully saturated rings. The number of aromatic amines is 1. The predicted octanol–water partition coefficient (Wildman–Crippen LogP) is 4.19. The summed E-state index contributed by atoms with van der Waals surface area (Å²) in [6.07, 6.45) is 5.90. The molecule has 0 saturated carbocycles. The minimum Gasteiger partial charge on any atom is -0.507 e. The van der Waals surface area contributed by atoms with Crippen molar-refractivity contribution in [2.75, 3.05) is 18.5 Å². The minimum absolute atomic E-state index is 0.0536. The quantitative estimate of drug-likeness (QED) is 0.422. The van der Waals surface area contributed by atoms with Crippen LogP contribution < -0.4 is 10.6 Å². The summed E-state index contributed by atoms with van der Waals surface area (Å²) in [5.41, 5.74) is 3.64. The van der Waals surface area contributed by atoms with Crippen molar-refractivity contribution in [2.24, 2.45) is 0 Å². The Balaban J connectivity index is 1.37. The number of benzene rings is 1. The number of thiophene rings is 1. The predicted molar refractivity (Wildman–Crippen MR) is 131 cm³/mol. The SMILES string of the molecule is Cc1cccc(-c2cc(C(=O)Nc3sc4c(c3C(=O)NCC3CCCO3)CCCC4)[nH]n2)c1O. The number of aromatic hydroxyl groups is 1. The number of carbonyl (C=O) groups is 2. The molecule has 2 amide bonds. The van der Waals surface area contributed by atoms with Crippen molar-refractivity contribution in [1.82, 2.24) is 15.5 Å². The molecule has 1 saturated heterocycles. The number of aromatic nitrogens is 2. The third kappa shape index (κ3) is 4.45. The lowest BCUT2D eigenvalue weighted by molar-refractivity contribution is 0.0858. The molecule has 5 rings (SSSR count). The molecule has 0 bridgehead atoms. The topological polar surface area (TPSA) is 116 Å². The lowest BCUT2D eigenvalue weighted by Crippen LogP contribution is -2.32. The van der Waals surface area contributed by atoms with Gasteiger partial charge in [-0.15, -0.1) is 11.3 Å². The van der Waals surface area contributed by atoms with Gasteiger partial charge in [0.25, 0.3) is 11.8 Å². The van der Waals surface area contributed by atoms with Gasteiger partial charge in [-0.1, -0.05) is 12.1 Å². The van der Waals surface area contributed by atoms with E-state index < -0.39 is 0 Å². The molecule has 2 aromatic heterocycles. The van der Waals surface area contributed by atoms with E-state index in [1.807, 2.05) is 19.1 Å². The molecular formula is C25H28N4O4S. The molecule has 4 N–H and O–H groups in total. The van der Waals surface area contributed by atoms with Gasteiger partial charge < -0.3 is 20.5 Å². The molecule has 178 valence electrons. The van der Waals surface area contributed by atoms with E-state index in [9.17, 15) is 14.7 Å². The fraction of sp³-hybridized carbons (Fsp3) is 0.400. The number of para-hydroxylation sites is 1. The third-order valence-corrected chi connectivity index (χ3v) is 7.68. The van der Waals surface area contributed by atoms with Crippen LogP contribution in [0.4, 0.5) is 5.00 Å². The van der Waals surface area contributed by atoms with Gasteiger partial charge in [0.1, 0.15) is 16.4 Å². The van der Waals surface area contributed by atoms with Crippen LogP contribution >= 0.6 is 11.3 Å². The smallest absolute Gasteiger partial charge is 0.274 e. The molecule has 34 heavy (non-hydrogen) atoms. The largest absolute Gasteiger partial charge is 0.507 e. The molecule has 3 aromatic rings. The maximum atomic E-state index is 13.2. The van der Waals surface area contributed by atoms with E-state index in [2.05, 4.69) is 20.8 Å². The fourth-order valence-electron chi connectivity index (χ4n) is 4.61. The van der Waals surface area contributed by atoms with Crippen molar-refractivity contribution in [2.45, 2.75) is 51.6 Å². The van der Waals surface area contributed by atoms with Crippen LogP contribution in [-0.4, -0.2) is 46.4 Å². The molecule has 2 aliphatic rings. The van der Waals surface area contributed by atoms with Gasteiger partial charge in [0, 0.05) is 23.6 Å². The Morgan fingerprint density at radius 1 is 1.24 bits per heavy atom. The van der Waals surface area contributed by atoms with Crippen molar-refractivity contribution in [3.63, 3.8) is 0 Å². The number of phenols is 1. The standard InChI is InChI=1S/C25H28N4O4S/c1-14-6-4-9-16(22(14)30)18-12-19(29-28-18)23(31)27-25-21(17-8-2-3-10-20(17)34-25)24(32)26-13-15-7-5-11-33-15/h4,6,9,12,15,30H,2-3,5,7-8,10-11,13H2,1H3,(H,26,32)(H,27,31)(H,28,29). The van der Waals surface area contributed by atoms with Crippen LogP contribution in [-0.2, 0) is 17.6 Å². The van der Waals surface area contributed by atoms with Crippen molar-refractivity contribution in [3.05, 3.63) is 51.5 Å². The monoisotopic (exact) mass is 480 g/mol. The lowest BCUT2D eigenvalue weighted by Gasteiger charge is -2.15. The minimum atomic E-state index is -0.377. The number of nitrogens with one attached hydrogen (secondary N) is 3. The van der Waals surface area contributed by atoms with Crippen LogP contribution in [0.3, 0.4) is 0 Å².